The highest BCUT2D eigenvalue weighted by Gasteiger charge is 2.08. The number of amides is 1. The molecule has 0 heterocycles. The Hall–Kier alpha value is -2.82. The van der Waals surface area contributed by atoms with Crippen LogP contribution in [0.2, 0.25) is 0 Å². The smallest absolute Gasteiger partial charge is 0.303 e. The van der Waals surface area contributed by atoms with Crippen molar-refractivity contribution in [3.05, 3.63) is 59.7 Å². The molecule has 0 spiro atoms. The second-order valence-electron chi connectivity index (χ2n) is 5.33. The third-order valence-electron chi connectivity index (χ3n) is 3.54. The third kappa shape index (κ3) is 5.43. The number of methoxy groups -OCH3 is 1. The molecule has 1 N–H and O–H groups in total. The summed E-state index contributed by atoms with van der Waals surface area (Å²) < 4.78 is 9.86. The second kappa shape index (κ2) is 8.72. The molecule has 0 atom stereocenters. The lowest BCUT2D eigenvalue weighted by atomic mass is 10.0. The predicted molar refractivity (Wildman–Crippen MR) is 92.1 cm³/mol. The molecule has 2 aromatic carbocycles. The first-order valence-corrected chi connectivity index (χ1v) is 7.72. The number of hydrogen-bond acceptors (Lipinski definition) is 4. The van der Waals surface area contributed by atoms with E-state index >= 15 is 0 Å². The first-order valence-electron chi connectivity index (χ1n) is 7.72. The van der Waals surface area contributed by atoms with Crippen molar-refractivity contribution in [1.82, 2.24) is 0 Å². The Morgan fingerprint density at radius 1 is 1.00 bits per heavy atom. The highest BCUT2D eigenvalue weighted by Crippen LogP contribution is 2.19. The van der Waals surface area contributed by atoms with Gasteiger partial charge in [0.2, 0.25) is 0 Å². The average Bonchev–Trinajstić information content (AvgIpc) is 2.59. The van der Waals surface area contributed by atoms with Gasteiger partial charge in [0.05, 0.1) is 7.11 Å². The molecule has 1 amide bonds. The number of esters is 1. The normalized spacial score (nSPS) is 10.1. The number of aryl methyl sites for hydroxylation is 2. The maximum absolute atomic E-state index is 11.8. The van der Waals surface area contributed by atoms with Gasteiger partial charge >= 0.3 is 5.97 Å². The largest absolute Gasteiger partial charge is 0.497 e. The molecule has 5 nitrogen and oxygen atoms in total. The summed E-state index contributed by atoms with van der Waals surface area (Å²) >= 11 is 0. The molecular weight excluding hydrogens is 306 g/mol. The molecule has 2 aromatic rings. The Morgan fingerprint density at radius 2 is 1.71 bits per heavy atom. The van der Waals surface area contributed by atoms with Gasteiger partial charge in [-0.2, -0.15) is 0 Å². The van der Waals surface area contributed by atoms with Gasteiger partial charge in [0.15, 0.2) is 6.61 Å². The average molecular weight is 327 g/mol. The summed E-state index contributed by atoms with van der Waals surface area (Å²) in [7, 11) is 1.64. The fraction of sp³-hybridized carbons (Fsp3) is 0.263. The number of ether oxygens (including phenoxy) is 2. The predicted octanol–water partition coefficient (Wildman–Crippen LogP) is 2.98. The van der Waals surface area contributed by atoms with E-state index in [2.05, 4.69) is 5.32 Å². The van der Waals surface area contributed by atoms with E-state index in [0.717, 1.165) is 29.8 Å². The summed E-state index contributed by atoms with van der Waals surface area (Å²) in [6, 6.07) is 15.5. The molecule has 0 radical (unpaired) electrons. The number of carbonyl (C=O) groups excluding carboxylic acids is 2. The molecule has 0 aromatic heterocycles. The number of para-hydroxylation sites is 1. The van der Waals surface area contributed by atoms with E-state index in [0.29, 0.717) is 0 Å². The molecule has 0 aliphatic carbocycles. The Kier molecular flexibility index (Phi) is 6.37. The van der Waals surface area contributed by atoms with Gasteiger partial charge in [-0.1, -0.05) is 30.3 Å². The minimum absolute atomic E-state index is 0.276. The summed E-state index contributed by atoms with van der Waals surface area (Å²) in [5.74, 6) is 0.0110. The van der Waals surface area contributed by atoms with Crippen LogP contribution in [0.5, 0.6) is 5.75 Å². The Labute approximate surface area is 141 Å². The second-order valence-corrected chi connectivity index (χ2v) is 5.33. The Bertz CT molecular complexity index is 695. The van der Waals surface area contributed by atoms with Crippen molar-refractivity contribution in [2.24, 2.45) is 0 Å². The zero-order valence-corrected chi connectivity index (χ0v) is 13.9. The monoisotopic (exact) mass is 327 g/mol. The topological polar surface area (TPSA) is 64.6 Å². The van der Waals surface area contributed by atoms with E-state index < -0.39 is 5.97 Å². The molecule has 126 valence electrons. The summed E-state index contributed by atoms with van der Waals surface area (Å²) in [6.45, 7) is 0.998. The molecule has 0 saturated heterocycles. The van der Waals surface area contributed by atoms with Gasteiger partial charge in [0.1, 0.15) is 5.75 Å². The van der Waals surface area contributed by atoms with Crippen LogP contribution in [0.4, 0.5) is 5.69 Å². The molecule has 2 rings (SSSR count). The molecule has 0 aliphatic rings. The fourth-order valence-electron chi connectivity index (χ4n) is 2.28. The SMILES string of the molecule is COc1ccc(CCc2ccccc2NC(=O)COC(C)=O)cc1. The highest BCUT2D eigenvalue weighted by molar-refractivity contribution is 5.93. The molecule has 0 saturated carbocycles. The Morgan fingerprint density at radius 3 is 2.38 bits per heavy atom. The maximum Gasteiger partial charge on any atom is 0.303 e. The lowest BCUT2D eigenvalue weighted by Gasteiger charge is -2.11. The van der Waals surface area contributed by atoms with Crippen molar-refractivity contribution in [2.75, 3.05) is 19.0 Å². The van der Waals surface area contributed by atoms with Crippen molar-refractivity contribution >= 4 is 17.6 Å². The van der Waals surface area contributed by atoms with E-state index in [1.807, 2.05) is 48.5 Å². The van der Waals surface area contributed by atoms with Crippen LogP contribution in [0.3, 0.4) is 0 Å². The summed E-state index contributed by atoms with van der Waals surface area (Å²) in [5.41, 5.74) is 2.96. The zero-order valence-electron chi connectivity index (χ0n) is 13.9. The first-order chi connectivity index (χ1) is 11.6. The van der Waals surface area contributed by atoms with E-state index in [1.54, 1.807) is 7.11 Å². The van der Waals surface area contributed by atoms with E-state index in [-0.39, 0.29) is 12.5 Å². The highest BCUT2D eigenvalue weighted by atomic mass is 16.5. The van der Waals surface area contributed by atoms with Crippen LogP contribution in [0.1, 0.15) is 18.1 Å². The van der Waals surface area contributed by atoms with Crippen LogP contribution in [-0.4, -0.2) is 25.6 Å². The van der Waals surface area contributed by atoms with Crippen molar-refractivity contribution in [1.29, 1.82) is 0 Å². The zero-order chi connectivity index (χ0) is 17.4. The molecule has 0 bridgehead atoms. The van der Waals surface area contributed by atoms with Crippen molar-refractivity contribution < 1.29 is 19.1 Å². The molecule has 24 heavy (non-hydrogen) atoms. The first kappa shape index (κ1) is 17.5. The van der Waals surface area contributed by atoms with Crippen molar-refractivity contribution in [3.8, 4) is 5.75 Å². The number of carbonyl (C=O) groups is 2. The van der Waals surface area contributed by atoms with E-state index in [1.165, 1.54) is 12.5 Å². The lowest BCUT2D eigenvalue weighted by Crippen LogP contribution is -2.20. The number of rotatable bonds is 7. The van der Waals surface area contributed by atoms with Crippen LogP contribution in [0, 0.1) is 0 Å². The third-order valence-corrected chi connectivity index (χ3v) is 3.54. The molecule has 0 unspecified atom stereocenters. The number of hydrogen-bond donors (Lipinski definition) is 1. The minimum Gasteiger partial charge on any atom is -0.497 e. The summed E-state index contributed by atoms with van der Waals surface area (Å²) in [6.07, 6.45) is 1.64. The number of benzene rings is 2. The van der Waals surface area contributed by atoms with Crippen LogP contribution < -0.4 is 10.1 Å². The molecule has 0 aliphatic heterocycles. The van der Waals surface area contributed by atoms with Crippen LogP contribution in [0.15, 0.2) is 48.5 Å². The van der Waals surface area contributed by atoms with Gasteiger partial charge in [0.25, 0.3) is 5.91 Å². The fourth-order valence-corrected chi connectivity index (χ4v) is 2.28. The van der Waals surface area contributed by atoms with E-state index in [9.17, 15) is 9.59 Å². The summed E-state index contributed by atoms with van der Waals surface area (Å²) in [5, 5.41) is 2.78. The minimum atomic E-state index is -0.474. The molecular formula is C19H21NO4. The molecule has 0 fully saturated rings. The quantitative estimate of drug-likeness (QED) is 0.794. The summed E-state index contributed by atoms with van der Waals surface area (Å²) in [4.78, 5) is 22.6. The number of nitrogens with one attached hydrogen (secondary N) is 1. The van der Waals surface area contributed by atoms with Crippen LogP contribution in [0.25, 0.3) is 0 Å². The van der Waals surface area contributed by atoms with Gasteiger partial charge in [-0.05, 0) is 42.2 Å². The standard InChI is InChI=1S/C19H21NO4/c1-14(21)24-13-19(22)20-18-6-4-3-5-16(18)10-7-15-8-11-17(23-2)12-9-15/h3-6,8-9,11-12H,7,10,13H2,1-2H3,(H,20,22). The van der Waals surface area contributed by atoms with Gasteiger partial charge in [-0.3, -0.25) is 9.59 Å². The lowest BCUT2D eigenvalue weighted by molar-refractivity contribution is -0.144. The Balaban J connectivity index is 1.97. The van der Waals surface area contributed by atoms with Crippen molar-refractivity contribution in [2.45, 2.75) is 19.8 Å². The van der Waals surface area contributed by atoms with Gasteiger partial charge in [0, 0.05) is 12.6 Å². The number of anilines is 1. The van der Waals surface area contributed by atoms with Crippen LogP contribution in [-0.2, 0) is 27.2 Å². The van der Waals surface area contributed by atoms with Crippen molar-refractivity contribution in [3.63, 3.8) is 0 Å². The van der Waals surface area contributed by atoms with Crippen LogP contribution >= 0.6 is 0 Å². The maximum atomic E-state index is 11.8. The van der Waals surface area contributed by atoms with E-state index in [4.69, 9.17) is 9.47 Å². The van der Waals surface area contributed by atoms with Gasteiger partial charge in [-0.15, -0.1) is 0 Å². The van der Waals surface area contributed by atoms with Gasteiger partial charge < -0.3 is 14.8 Å². The molecule has 5 heteroatoms. The van der Waals surface area contributed by atoms with Gasteiger partial charge in [-0.25, -0.2) is 0 Å².